The van der Waals surface area contributed by atoms with Crippen LogP contribution in [0.25, 0.3) is 0 Å². The predicted molar refractivity (Wildman–Crippen MR) is 194 cm³/mol. The second kappa shape index (κ2) is 30.8. The van der Waals surface area contributed by atoms with E-state index in [2.05, 4.69) is 32.1 Å². The third-order valence-electron chi connectivity index (χ3n) is 7.19. The van der Waals surface area contributed by atoms with Crippen LogP contribution in [0.15, 0.2) is 85.1 Å². The average Bonchev–Trinajstić information content (AvgIpc) is 3.03. The van der Waals surface area contributed by atoms with Gasteiger partial charge in [0.2, 0.25) is 0 Å². The summed E-state index contributed by atoms with van der Waals surface area (Å²) in [5, 5.41) is 11.5. The summed E-state index contributed by atoms with van der Waals surface area (Å²) in [6, 6.07) is -0.740. The Balaban J connectivity index is 4.53. The summed E-state index contributed by atoms with van der Waals surface area (Å²) in [4.78, 5) is 36.4. The molecule has 0 aromatic heterocycles. The first-order chi connectivity index (χ1) is 23.1. The van der Waals surface area contributed by atoms with Gasteiger partial charge in [-0.05, 0) is 44.9 Å². The van der Waals surface area contributed by atoms with Crippen LogP contribution in [0.2, 0.25) is 0 Å². The highest BCUT2D eigenvalue weighted by Gasteiger charge is 2.25. The number of carboxylic acids is 1. The number of allylic oxidation sites excluding steroid dienone is 14. The summed E-state index contributed by atoms with van der Waals surface area (Å²) in [6.45, 7) is 4.31. The van der Waals surface area contributed by atoms with Gasteiger partial charge >= 0.3 is 11.9 Å². The minimum atomic E-state index is -1.14. The summed E-state index contributed by atoms with van der Waals surface area (Å²) in [7, 11) is 5.34. The molecule has 0 radical (unpaired) electrons. The van der Waals surface area contributed by atoms with Crippen molar-refractivity contribution in [1.82, 2.24) is 0 Å². The van der Waals surface area contributed by atoms with Gasteiger partial charge in [-0.25, -0.2) is 0 Å². The van der Waals surface area contributed by atoms with Gasteiger partial charge in [0.05, 0.1) is 40.3 Å². The van der Waals surface area contributed by atoms with E-state index in [-0.39, 0.29) is 49.5 Å². The molecule has 0 aromatic rings. The normalized spacial score (nSPS) is 14.1. The Morgan fingerprint density at radius 3 is 1.83 bits per heavy atom. The number of ether oxygens (including phenoxy) is 3. The lowest BCUT2D eigenvalue weighted by molar-refractivity contribution is -0.889. The average molecular weight is 670 g/mol. The third kappa shape index (κ3) is 28.7. The Morgan fingerprint density at radius 2 is 1.23 bits per heavy atom. The molecule has 0 heterocycles. The van der Waals surface area contributed by atoms with E-state index in [1.807, 2.05) is 66.8 Å². The van der Waals surface area contributed by atoms with Gasteiger partial charge in [0.15, 0.2) is 6.10 Å². The van der Waals surface area contributed by atoms with Crippen LogP contribution in [0.4, 0.5) is 0 Å². The Hall–Kier alpha value is -3.49. The number of aliphatic carboxylic acids is 1. The first-order valence-corrected chi connectivity index (χ1v) is 17.7. The molecular formula is C40H63NO7. The highest BCUT2D eigenvalue weighted by Crippen LogP contribution is 2.10. The van der Waals surface area contributed by atoms with Crippen LogP contribution < -0.4 is 5.11 Å². The maximum atomic E-state index is 12.5. The van der Waals surface area contributed by atoms with Crippen LogP contribution in [0.1, 0.15) is 97.3 Å². The van der Waals surface area contributed by atoms with E-state index in [1.165, 1.54) is 12.8 Å². The number of carboxylic acid groups (broad SMARTS) is 1. The Bertz CT molecular complexity index is 1060. The third-order valence-corrected chi connectivity index (χ3v) is 7.19. The van der Waals surface area contributed by atoms with Gasteiger partial charge in [-0.1, -0.05) is 118 Å². The summed E-state index contributed by atoms with van der Waals surface area (Å²) in [6.07, 6.45) is 37.8. The van der Waals surface area contributed by atoms with Gasteiger partial charge in [0.1, 0.15) is 12.6 Å². The molecule has 0 rings (SSSR count). The molecule has 0 aliphatic carbocycles. The molecule has 2 unspecified atom stereocenters. The highest BCUT2D eigenvalue weighted by atomic mass is 16.6. The van der Waals surface area contributed by atoms with Gasteiger partial charge in [0, 0.05) is 19.3 Å². The SMILES string of the molecule is CC/C=C/C=C/C=C/C=C/C=C/C=C/CCCCCC(=O)OCC(COCCC(C(=O)[O-])[N+](C)(C)C)OC(=O)CC/C=C/CCCCC. The Morgan fingerprint density at radius 1 is 0.646 bits per heavy atom. The standard InChI is InChI=1S/C40H63NO7/c1-6-8-10-12-14-15-16-17-18-19-20-21-22-23-25-26-28-30-38(42)47-35-36(34-46-33-32-37(40(44)45)41(3,4)5)48-39(43)31-29-27-24-13-11-9-7-2/h8,10,12,14-22,24,27,36-37H,6-7,9,11,13,23,25-26,28-35H2,1-5H3/b10-8+,14-12+,16-15+,18-17+,20-19+,22-21+,27-24+. The number of likely N-dealkylation sites (N-methyl/N-ethyl adjacent to an activating group) is 1. The fourth-order valence-electron chi connectivity index (χ4n) is 4.41. The number of nitrogens with zero attached hydrogens (tertiary/aromatic N) is 1. The minimum Gasteiger partial charge on any atom is -0.544 e. The van der Waals surface area contributed by atoms with E-state index in [1.54, 1.807) is 21.1 Å². The zero-order chi connectivity index (χ0) is 35.7. The summed E-state index contributed by atoms with van der Waals surface area (Å²) in [5.74, 6) is -1.88. The molecule has 8 heteroatoms. The van der Waals surface area contributed by atoms with Crippen LogP contribution >= 0.6 is 0 Å². The van der Waals surface area contributed by atoms with Crippen LogP contribution in [-0.4, -0.2) is 75.5 Å². The number of carbonyl (C=O) groups excluding carboxylic acids is 3. The molecule has 0 bridgehead atoms. The minimum absolute atomic E-state index is 0.00431. The van der Waals surface area contributed by atoms with Gasteiger partial charge in [0.25, 0.3) is 0 Å². The molecule has 0 saturated carbocycles. The molecule has 0 fully saturated rings. The van der Waals surface area contributed by atoms with Crippen molar-refractivity contribution in [3.8, 4) is 0 Å². The van der Waals surface area contributed by atoms with E-state index in [9.17, 15) is 19.5 Å². The van der Waals surface area contributed by atoms with Gasteiger partial charge < -0.3 is 28.6 Å². The zero-order valence-electron chi connectivity index (χ0n) is 30.4. The maximum absolute atomic E-state index is 12.5. The van der Waals surface area contributed by atoms with Crippen molar-refractivity contribution in [3.05, 3.63) is 85.1 Å². The number of rotatable bonds is 29. The number of carbonyl (C=O) groups is 3. The largest absolute Gasteiger partial charge is 0.544 e. The summed E-state index contributed by atoms with van der Waals surface area (Å²) >= 11 is 0. The lowest BCUT2D eigenvalue weighted by Gasteiger charge is -2.34. The molecule has 48 heavy (non-hydrogen) atoms. The summed E-state index contributed by atoms with van der Waals surface area (Å²) < 4.78 is 16.9. The van der Waals surface area contributed by atoms with Crippen molar-refractivity contribution in [2.75, 3.05) is 41.0 Å². The van der Waals surface area contributed by atoms with Crippen molar-refractivity contribution < 1.29 is 38.2 Å². The van der Waals surface area contributed by atoms with Crippen LogP contribution in [0.5, 0.6) is 0 Å². The molecule has 270 valence electrons. The molecule has 0 saturated heterocycles. The molecule has 8 nitrogen and oxygen atoms in total. The Labute approximate surface area is 291 Å². The molecule has 0 amide bonds. The fraction of sp³-hybridized carbons (Fsp3) is 0.575. The van der Waals surface area contributed by atoms with E-state index >= 15 is 0 Å². The quantitative estimate of drug-likeness (QED) is 0.0271. The molecule has 0 aliphatic heterocycles. The first-order valence-electron chi connectivity index (χ1n) is 17.7. The maximum Gasteiger partial charge on any atom is 0.306 e. The second-order valence-electron chi connectivity index (χ2n) is 12.5. The lowest BCUT2D eigenvalue weighted by Crippen LogP contribution is -2.55. The Kier molecular flexibility index (Phi) is 28.6. The second-order valence-corrected chi connectivity index (χ2v) is 12.5. The van der Waals surface area contributed by atoms with Gasteiger partial charge in [-0.2, -0.15) is 0 Å². The first kappa shape index (κ1) is 44.5. The molecule has 2 atom stereocenters. The molecule has 0 aliphatic rings. The van der Waals surface area contributed by atoms with Crippen molar-refractivity contribution in [1.29, 1.82) is 0 Å². The number of esters is 2. The van der Waals surface area contributed by atoms with Crippen molar-refractivity contribution in [2.24, 2.45) is 0 Å². The lowest BCUT2D eigenvalue weighted by atomic mass is 10.1. The molecular weight excluding hydrogens is 606 g/mol. The number of hydrogen-bond acceptors (Lipinski definition) is 7. The smallest absolute Gasteiger partial charge is 0.306 e. The highest BCUT2D eigenvalue weighted by molar-refractivity contribution is 5.70. The van der Waals surface area contributed by atoms with Gasteiger partial charge in [-0.15, -0.1) is 0 Å². The summed E-state index contributed by atoms with van der Waals surface area (Å²) in [5.41, 5.74) is 0. The van der Waals surface area contributed by atoms with E-state index in [4.69, 9.17) is 14.2 Å². The van der Waals surface area contributed by atoms with Crippen molar-refractivity contribution >= 4 is 17.9 Å². The number of quaternary nitrogens is 1. The number of hydrogen-bond donors (Lipinski definition) is 0. The number of unbranched alkanes of at least 4 members (excludes halogenated alkanes) is 6. The van der Waals surface area contributed by atoms with Gasteiger partial charge in [-0.3, -0.25) is 9.59 Å². The van der Waals surface area contributed by atoms with Crippen LogP contribution in [-0.2, 0) is 28.6 Å². The predicted octanol–water partition coefficient (Wildman–Crippen LogP) is 7.29. The monoisotopic (exact) mass is 669 g/mol. The van der Waals surface area contributed by atoms with Crippen LogP contribution in [0, 0.1) is 0 Å². The molecule has 0 spiro atoms. The van der Waals surface area contributed by atoms with Crippen molar-refractivity contribution in [2.45, 2.75) is 109 Å². The van der Waals surface area contributed by atoms with Crippen LogP contribution in [0.3, 0.4) is 0 Å². The molecule has 0 aromatic carbocycles. The van der Waals surface area contributed by atoms with Crippen molar-refractivity contribution in [3.63, 3.8) is 0 Å². The van der Waals surface area contributed by atoms with E-state index in [0.717, 1.165) is 38.5 Å². The van der Waals surface area contributed by atoms with E-state index in [0.29, 0.717) is 12.8 Å². The molecule has 0 N–H and O–H groups in total. The zero-order valence-corrected chi connectivity index (χ0v) is 30.4. The van der Waals surface area contributed by atoms with E-state index < -0.39 is 24.1 Å². The topological polar surface area (TPSA) is 102 Å². The fourth-order valence-corrected chi connectivity index (χ4v) is 4.41.